The maximum absolute atomic E-state index is 12.8. The Hall–Kier alpha value is -1.99. The lowest BCUT2D eigenvalue weighted by Gasteiger charge is -2.26. The Balaban J connectivity index is 1.54. The van der Waals surface area contributed by atoms with Crippen LogP contribution in [-0.4, -0.2) is 57.6 Å². The third kappa shape index (κ3) is 5.29. The third-order valence-electron chi connectivity index (χ3n) is 4.48. The molecule has 0 spiro atoms. The van der Waals surface area contributed by atoms with Crippen molar-refractivity contribution in [2.45, 2.75) is 26.3 Å². The van der Waals surface area contributed by atoms with Gasteiger partial charge in [-0.05, 0) is 42.5 Å². The fourth-order valence-corrected chi connectivity index (χ4v) is 4.00. The summed E-state index contributed by atoms with van der Waals surface area (Å²) < 4.78 is 1.71. The summed E-state index contributed by atoms with van der Waals surface area (Å²) in [6, 6.07) is 9.14. The Morgan fingerprint density at radius 3 is 2.79 bits per heavy atom. The van der Waals surface area contributed by atoms with Crippen LogP contribution in [0.3, 0.4) is 0 Å². The Bertz CT molecular complexity index is 822. The Morgan fingerprint density at radius 1 is 1.25 bits per heavy atom. The van der Waals surface area contributed by atoms with Crippen molar-refractivity contribution in [1.29, 1.82) is 0 Å². The van der Waals surface area contributed by atoms with Crippen molar-refractivity contribution in [2.24, 2.45) is 0 Å². The van der Waals surface area contributed by atoms with Gasteiger partial charge in [0.15, 0.2) is 0 Å². The summed E-state index contributed by atoms with van der Waals surface area (Å²) in [7, 11) is 0. The van der Waals surface area contributed by atoms with Crippen molar-refractivity contribution in [3.05, 3.63) is 41.0 Å². The lowest BCUT2D eigenvalue weighted by atomic mass is 10.1. The van der Waals surface area contributed by atoms with Crippen LogP contribution in [0.2, 0.25) is 5.02 Å². The molecule has 1 aliphatic rings. The molecule has 2 aromatic rings. The topological polar surface area (TPSA) is 67.2 Å². The number of benzene rings is 1. The molecule has 6 nitrogen and oxygen atoms in total. The largest absolute Gasteiger partial charge is 0.355 e. The molecule has 0 aliphatic carbocycles. The highest BCUT2D eigenvalue weighted by atomic mass is 35.5. The van der Waals surface area contributed by atoms with Gasteiger partial charge in [0.2, 0.25) is 5.91 Å². The van der Waals surface area contributed by atoms with Crippen LogP contribution < -0.4 is 5.32 Å². The standard InChI is InChI=1S/C20H25ClN4O2S/c1-2-11-28-12-3-8-22-19(26)14-24-9-10-25-18(20(24)27)13-17(23-25)15-4-6-16(21)7-5-15/h4-7,13H,2-3,8-12,14H2,1H3,(H,22,26). The molecule has 0 unspecified atom stereocenters. The Kier molecular flexibility index (Phi) is 7.39. The van der Waals surface area contributed by atoms with E-state index in [0.29, 0.717) is 30.4 Å². The summed E-state index contributed by atoms with van der Waals surface area (Å²) in [5.74, 6) is 1.93. The summed E-state index contributed by atoms with van der Waals surface area (Å²) in [6.07, 6.45) is 2.12. The monoisotopic (exact) mass is 420 g/mol. The van der Waals surface area contributed by atoms with E-state index in [-0.39, 0.29) is 18.4 Å². The maximum Gasteiger partial charge on any atom is 0.272 e. The molecule has 2 heterocycles. The van der Waals surface area contributed by atoms with Crippen LogP contribution in [0.25, 0.3) is 11.3 Å². The summed E-state index contributed by atoms with van der Waals surface area (Å²) in [5, 5.41) is 8.09. The zero-order valence-electron chi connectivity index (χ0n) is 16.0. The minimum absolute atomic E-state index is 0.0857. The second kappa shape index (κ2) is 9.98. The van der Waals surface area contributed by atoms with Crippen LogP contribution in [0, 0.1) is 0 Å². The van der Waals surface area contributed by atoms with Crippen LogP contribution in [0.4, 0.5) is 0 Å². The minimum atomic E-state index is -0.160. The van der Waals surface area contributed by atoms with E-state index in [1.54, 1.807) is 27.8 Å². The van der Waals surface area contributed by atoms with Gasteiger partial charge in [-0.2, -0.15) is 16.9 Å². The number of fused-ring (bicyclic) bond motifs is 1. The van der Waals surface area contributed by atoms with Gasteiger partial charge in [-0.1, -0.05) is 30.7 Å². The fourth-order valence-electron chi connectivity index (χ4n) is 3.03. The first-order chi connectivity index (χ1) is 13.6. The number of rotatable bonds is 9. The molecule has 0 saturated heterocycles. The maximum atomic E-state index is 12.8. The van der Waals surface area contributed by atoms with Gasteiger partial charge in [0.1, 0.15) is 5.69 Å². The Morgan fingerprint density at radius 2 is 2.04 bits per heavy atom. The smallest absolute Gasteiger partial charge is 0.272 e. The normalized spacial score (nSPS) is 13.5. The molecule has 0 saturated carbocycles. The van der Waals surface area contributed by atoms with E-state index in [0.717, 1.165) is 29.2 Å². The molecule has 1 N–H and O–H groups in total. The molecule has 0 bridgehead atoms. The van der Waals surface area contributed by atoms with Gasteiger partial charge in [0, 0.05) is 23.7 Å². The molecule has 2 amide bonds. The average Bonchev–Trinajstić information content (AvgIpc) is 3.12. The van der Waals surface area contributed by atoms with E-state index in [2.05, 4.69) is 17.3 Å². The highest BCUT2D eigenvalue weighted by molar-refractivity contribution is 7.99. The highest BCUT2D eigenvalue weighted by Crippen LogP contribution is 2.23. The van der Waals surface area contributed by atoms with Crippen molar-refractivity contribution in [3.63, 3.8) is 0 Å². The van der Waals surface area contributed by atoms with Crippen molar-refractivity contribution >= 4 is 35.2 Å². The van der Waals surface area contributed by atoms with E-state index in [4.69, 9.17) is 11.6 Å². The quantitative estimate of drug-likeness (QED) is 0.632. The number of nitrogens with zero attached hydrogens (tertiary/aromatic N) is 3. The van der Waals surface area contributed by atoms with Crippen LogP contribution in [0.15, 0.2) is 30.3 Å². The first-order valence-electron chi connectivity index (χ1n) is 9.56. The van der Waals surface area contributed by atoms with E-state index >= 15 is 0 Å². The zero-order valence-corrected chi connectivity index (χ0v) is 17.6. The molecular formula is C20H25ClN4O2S. The second-order valence-electron chi connectivity index (χ2n) is 6.69. The summed E-state index contributed by atoms with van der Waals surface area (Å²) >= 11 is 7.83. The molecule has 1 aliphatic heterocycles. The number of carbonyl (C=O) groups excluding carboxylic acids is 2. The number of aromatic nitrogens is 2. The first-order valence-corrected chi connectivity index (χ1v) is 11.1. The minimum Gasteiger partial charge on any atom is -0.355 e. The molecule has 0 radical (unpaired) electrons. The molecule has 150 valence electrons. The predicted molar refractivity (Wildman–Crippen MR) is 114 cm³/mol. The second-order valence-corrected chi connectivity index (χ2v) is 8.35. The van der Waals surface area contributed by atoms with Gasteiger partial charge in [0.05, 0.1) is 18.8 Å². The third-order valence-corrected chi connectivity index (χ3v) is 6.00. The van der Waals surface area contributed by atoms with Crippen molar-refractivity contribution in [1.82, 2.24) is 20.0 Å². The molecule has 3 rings (SSSR count). The molecule has 8 heteroatoms. The van der Waals surface area contributed by atoms with Gasteiger partial charge in [0.25, 0.3) is 5.91 Å². The van der Waals surface area contributed by atoms with Crippen molar-refractivity contribution in [2.75, 3.05) is 31.1 Å². The van der Waals surface area contributed by atoms with Gasteiger partial charge in [-0.25, -0.2) is 0 Å². The van der Waals surface area contributed by atoms with E-state index in [1.165, 1.54) is 6.42 Å². The zero-order chi connectivity index (χ0) is 19.9. The summed E-state index contributed by atoms with van der Waals surface area (Å²) in [6.45, 7) is 3.95. The van der Waals surface area contributed by atoms with Crippen molar-refractivity contribution < 1.29 is 9.59 Å². The number of carbonyl (C=O) groups is 2. The molecule has 0 fully saturated rings. The number of hydrogen-bond acceptors (Lipinski definition) is 4. The fraction of sp³-hybridized carbons (Fsp3) is 0.450. The number of nitrogens with one attached hydrogen (secondary N) is 1. The molecule has 1 aromatic heterocycles. The van der Waals surface area contributed by atoms with Crippen LogP contribution >= 0.6 is 23.4 Å². The Labute approximate surface area is 174 Å². The molecular weight excluding hydrogens is 396 g/mol. The predicted octanol–water partition coefficient (Wildman–Crippen LogP) is 3.31. The number of thioether (sulfide) groups is 1. The molecule has 28 heavy (non-hydrogen) atoms. The molecule has 1 aromatic carbocycles. The van der Waals surface area contributed by atoms with Crippen LogP contribution in [0.1, 0.15) is 30.3 Å². The van der Waals surface area contributed by atoms with Gasteiger partial charge < -0.3 is 10.2 Å². The van der Waals surface area contributed by atoms with E-state index < -0.39 is 0 Å². The first kappa shape index (κ1) is 20.7. The molecule has 0 atom stereocenters. The van der Waals surface area contributed by atoms with Crippen LogP contribution in [0.5, 0.6) is 0 Å². The van der Waals surface area contributed by atoms with E-state index in [1.807, 2.05) is 23.9 Å². The number of halogens is 1. The summed E-state index contributed by atoms with van der Waals surface area (Å²) in [5.41, 5.74) is 2.15. The van der Waals surface area contributed by atoms with Gasteiger partial charge in [-0.3, -0.25) is 14.3 Å². The average molecular weight is 421 g/mol. The SMILES string of the molecule is CCCSCCCNC(=O)CN1CCn2nc(-c3ccc(Cl)cc3)cc2C1=O. The summed E-state index contributed by atoms with van der Waals surface area (Å²) in [4.78, 5) is 26.5. The number of amides is 2. The van der Waals surface area contributed by atoms with Gasteiger partial charge >= 0.3 is 0 Å². The lowest BCUT2D eigenvalue weighted by molar-refractivity contribution is -0.121. The number of hydrogen-bond donors (Lipinski definition) is 1. The van der Waals surface area contributed by atoms with Crippen molar-refractivity contribution in [3.8, 4) is 11.3 Å². The van der Waals surface area contributed by atoms with E-state index in [9.17, 15) is 9.59 Å². The van der Waals surface area contributed by atoms with Gasteiger partial charge in [-0.15, -0.1) is 0 Å². The van der Waals surface area contributed by atoms with Crippen LogP contribution in [-0.2, 0) is 11.3 Å². The highest BCUT2D eigenvalue weighted by Gasteiger charge is 2.28. The lowest BCUT2D eigenvalue weighted by Crippen LogP contribution is -2.46.